The topological polar surface area (TPSA) is 88.9 Å². The number of carbonyl (C=O) groups excluding carboxylic acids is 3. The van der Waals surface area contributed by atoms with E-state index in [1.54, 1.807) is 48.6 Å². The first-order chi connectivity index (χ1) is 13.1. The van der Waals surface area contributed by atoms with Crippen LogP contribution in [-0.4, -0.2) is 36.0 Å². The molecular formula is C20H16N2O5. The van der Waals surface area contributed by atoms with Crippen LogP contribution >= 0.6 is 0 Å². The number of imide groups is 1. The summed E-state index contributed by atoms with van der Waals surface area (Å²) in [5, 5.41) is 2.76. The first kappa shape index (κ1) is 16.0. The number of para-hydroxylation sites is 1. The maximum atomic E-state index is 13.1. The van der Waals surface area contributed by atoms with Crippen molar-refractivity contribution >= 4 is 23.4 Å². The van der Waals surface area contributed by atoms with Crippen molar-refractivity contribution in [3.05, 3.63) is 66.6 Å². The largest absolute Gasteiger partial charge is 0.459 e. The Labute approximate surface area is 154 Å². The molecule has 0 aliphatic carbocycles. The van der Waals surface area contributed by atoms with Crippen molar-refractivity contribution in [3.63, 3.8) is 0 Å². The Morgan fingerprint density at radius 1 is 1.11 bits per heavy atom. The summed E-state index contributed by atoms with van der Waals surface area (Å²) >= 11 is 0. The Kier molecular flexibility index (Phi) is 3.35. The number of furan rings is 1. The standard InChI is InChI=1S/C20H16N2O5/c23-17(14-7-4-10-26-14)21-11-20-9-8-13(27-20)15-16(20)19(25)22(18(15)24)12-5-2-1-3-6-12/h1-10,13,15-16H,11H2,(H,21,23)/t13-,15-,16-,20-/m1/s1. The van der Waals surface area contributed by atoms with E-state index >= 15 is 0 Å². The predicted octanol–water partition coefficient (Wildman–Crippen LogP) is 1.52. The van der Waals surface area contributed by atoms with E-state index < -0.39 is 29.4 Å². The van der Waals surface area contributed by atoms with Crippen LogP contribution in [0.4, 0.5) is 5.69 Å². The third-order valence-electron chi connectivity index (χ3n) is 5.44. The van der Waals surface area contributed by atoms with E-state index in [0.29, 0.717) is 5.69 Å². The monoisotopic (exact) mass is 364 g/mol. The molecule has 2 bridgehead atoms. The van der Waals surface area contributed by atoms with Crippen LogP contribution in [0.15, 0.2) is 65.3 Å². The van der Waals surface area contributed by atoms with Gasteiger partial charge in [0.2, 0.25) is 11.8 Å². The molecule has 1 aromatic heterocycles. The molecule has 2 aromatic rings. The molecule has 0 radical (unpaired) electrons. The third-order valence-corrected chi connectivity index (χ3v) is 5.44. The van der Waals surface area contributed by atoms with Gasteiger partial charge in [0.25, 0.3) is 5.91 Å². The molecule has 7 heteroatoms. The minimum atomic E-state index is -1.02. The number of fused-ring (bicyclic) bond motifs is 5. The highest BCUT2D eigenvalue weighted by molar-refractivity contribution is 6.23. The van der Waals surface area contributed by atoms with Gasteiger partial charge in [-0.25, -0.2) is 4.90 Å². The van der Waals surface area contributed by atoms with Crippen LogP contribution in [0, 0.1) is 11.8 Å². The highest BCUT2D eigenvalue weighted by Gasteiger charge is 2.67. The number of nitrogens with zero attached hydrogens (tertiary/aromatic N) is 1. The normalized spacial score (nSPS) is 30.8. The molecule has 3 amide bonds. The molecule has 0 unspecified atom stereocenters. The van der Waals surface area contributed by atoms with Crippen molar-refractivity contribution < 1.29 is 23.5 Å². The summed E-state index contributed by atoms with van der Waals surface area (Å²) in [5.41, 5.74) is -0.468. The highest BCUT2D eigenvalue weighted by atomic mass is 16.5. The van der Waals surface area contributed by atoms with Gasteiger partial charge in [-0.05, 0) is 24.3 Å². The van der Waals surface area contributed by atoms with Gasteiger partial charge in [-0.15, -0.1) is 0 Å². The number of amides is 3. The van der Waals surface area contributed by atoms with Crippen LogP contribution in [0.1, 0.15) is 10.6 Å². The molecule has 4 atom stereocenters. The number of nitrogens with one attached hydrogen (secondary N) is 1. The summed E-state index contributed by atoms with van der Waals surface area (Å²) in [5.74, 6) is -1.99. The van der Waals surface area contributed by atoms with Crippen molar-refractivity contribution in [1.29, 1.82) is 0 Å². The Morgan fingerprint density at radius 2 is 1.93 bits per heavy atom. The zero-order valence-corrected chi connectivity index (χ0v) is 14.2. The average Bonchev–Trinajstić information content (AvgIpc) is 3.44. The minimum absolute atomic E-state index is 0.0857. The average molecular weight is 364 g/mol. The van der Waals surface area contributed by atoms with E-state index in [1.807, 2.05) is 6.07 Å². The summed E-state index contributed by atoms with van der Waals surface area (Å²) in [4.78, 5) is 39.5. The fourth-order valence-corrected chi connectivity index (χ4v) is 4.25. The van der Waals surface area contributed by atoms with Crippen LogP contribution in [-0.2, 0) is 14.3 Å². The third kappa shape index (κ3) is 2.21. The zero-order chi connectivity index (χ0) is 18.6. The Balaban J connectivity index is 1.42. The summed E-state index contributed by atoms with van der Waals surface area (Å²) in [7, 11) is 0. The lowest BCUT2D eigenvalue weighted by Gasteiger charge is -2.28. The molecule has 1 aromatic carbocycles. The fraction of sp³-hybridized carbons (Fsp3) is 0.250. The molecule has 5 rings (SSSR count). The lowest BCUT2D eigenvalue weighted by atomic mass is 9.77. The van der Waals surface area contributed by atoms with Crippen molar-refractivity contribution in [2.75, 3.05) is 11.4 Å². The van der Waals surface area contributed by atoms with Crippen LogP contribution in [0.3, 0.4) is 0 Å². The summed E-state index contributed by atoms with van der Waals surface area (Å²) in [6.45, 7) is 0.0857. The van der Waals surface area contributed by atoms with E-state index in [-0.39, 0.29) is 24.1 Å². The van der Waals surface area contributed by atoms with Crippen LogP contribution in [0.5, 0.6) is 0 Å². The summed E-state index contributed by atoms with van der Waals surface area (Å²) in [6, 6.07) is 12.0. The Hall–Kier alpha value is -3.19. The predicted molar refractivity (Wildman–Crippen MR) is 93.7 cm³/mol. The van der Waals surface area contributed by atoms with E-state index in [2.05, 4.69) is 5.32 Å². The quantitative estimate of drug-likeness (QED) is 0.656. The van der Waals surface area contributed by atoms with Gasteiger partial charge in [0, 0.05) is 0 Å². The van der Waals surface area contributed by atoms with Gasteiger partial charge in [0.15, 0.2) is 5.76 Å². The molecule has 0 spiro atoms. The van der Waals surface area contributed by atoms with Crippen LogP contribution in [0.25, 0.3) is 0 Å². The molecule has 3 aliphatic heterocycles. The maximum Gasteiger partial charge on any atom is 0.287 e. The molecule has 136 valence electrons. The zero-order valence-electron chi connectivity index (χ0n) is 14.2. The van der Waals surface area contributed by atoms with Crippen molar-refractivity contribution in [2.24, 2.45) is 11.8 Å². The van der Waals surface area contributed by atoms with E-state index in [0.717, 1.165) is 0 Å². The molecule has 7 nitrogen and oxygen atoms in total. The van der Waals surface area contributed by atoms with Crippen LogP contribution < -0.4 is 10.2 Å². The van der Waals surface area contributed by atoms with Gasteiger partial charge in [0.1, 0.15) is 5.60 Å². The number of ether oxygens (including phenoxy) is 1. The van der Waals surface area contributed by atoms with Gasteiger partial charge < -0.3 is 14.5 Å². The van der Waals surface area contributed by atoms with Gasteiger partial charge in [-0.1, -0.05) is 30.4 Å². The van der Waals surface area contributed by atoms with Gasteiger partial charge in [-0.3, -0.25) is 14.4 Å². The summed E-state index contributed by atoms with van der Waals surface area (Å²) in [6.07, 6.45) is 4.55. The fourth-order valence-electron chi connectivity index (χ4n) is 4.25. The summed E-state index contributed by atoms with van der Waals surface area (Å²) < 4.78 is 11.1. The number of hydrogen-bond acceptors (Lipinski definition) is 5. The van der Waals surface area contributed by atoms with Gasteiger partial charge >= 0.3 is 0 Å². The molecule has 3 aliphatic rings. The second-order valence-corrected chi connectivity index (χ2v) is 6.91. The molecule has 4 heterocycles. The van der Waals surface area contributed by atoms with Crippen molar-refractivity contribution in [2.45, 2.75) is 11.7 Å². The second-order valence-electron chi connectivity index (χ2n) is 6.91. The number of hydrogen-bond donors (Lipinski definition) is 1. The molecule has 2 saturated heterocycles. The lowest BCUT2D eigenvalue weighted by molar-refractivity contribution is -0.126. The van der Waals surface area contributed by atoms with Crippen molar-refractivity contribution in [3.8, 4) is 0 Å². The SMILES string of the molecule is O=C(NC[C@@]12C=C[C@@H](O1)[C@H]1C(=O)N(c3ccccc3)C(=O)[C@@H]12)c1ccco1. The lowest BCUT2D eigenvalue weighted by Crippen LogP contribution is -2.48. The second kappa shape index (κ2) is 5.65. The minimum Gasteiger partial charge on any atom is -0.459 e. The van der Waals surface area contributed by atoms with Crippen molar-refractivity contribution in [1.82, 2.24) is 5.32 Å². The first-order valence-corrected chi connectivity index (χ1v) is 8.72. The maximum absolute atomic E-state index is 13.1. The number of benzene rings is 1. The van der Waals surface area contributed by atoms with E-state index in [9.17, 15) is 14.4 Å². The van der Waals surface area contributed by atoms with Gasteiger partial charge in [-0.2, -0.15) is 0 Å². The van der Waals surface area contributed by atoms with Crippen LogP contribution in [0.2, 0.25) is 0 Å². The van der Waals surface area contributed by atoms with Gasteiger partial charge in [0.05, 0.1) is 36.4 Å². The smallest absolute Gasteiger partial charge is 0.287 e. The Bertz CT molecular complexity index is 952. The number of anilines is 1. The number of rotatable bonds is 4. The molecule has 1 N–H and O–H groups in total. The number of carbonyl (C=O) groups is 3. The Morgan fingerprint density at radius 3 is 2.67 bits per heavy atom. The molecule has 27 heavy (non-hydrogen) atoms. The molecule has 0 saturated carbocycles. The first-order valence-electron chi connectivity index (χ1n) is 8.72. The van der Waals surface area contributed by atoms with E-state index in [1.165, 1.54) is 11.2 Å². The van der Waals surface area contributed by atoms with E-state index in [4.69, 9.17) is 9.15 Å². The highest BCUT2D eigenvalue weighted by Crippen LogP contribution is 2.52. The molecular weight excluding hydrogens is 348 g/mol. The molecule has 2 fully saturated rings.